The Kier molecular flexibility index (Phi) is 5.60. The lowest BCUT2D eigenvalue weighted by atomic mass is 9.76. The third-order valence-corrected chi connectivity index (χ3v) is 4.05. The zero-order valence-electron chi connectivity index (χ0n) is 11.4. The Morgan fingerprint density at radius 2 is 2.22 bits per heavy atom. The summed E-state index contributed by atoms with van der Waals surface area (Å²) >= 11 is 0. The van der Waals surface area contributed by atoms with Crippen LogP contribution in [0, 0.1) is 11.8 Å². The van der Waals surface area contributed by atoms with Gasteiger partial charge in [-0.3, -0.25) is 4.79 Å². The topological polar surface area (TPSA) is 57.5 Å². The number of aliphatic hydroxyl groups is 1. The Morgan fingerprint density at radius 3 is 2.78 bits per heavy atom. The van der Waals surface area contributed by atoms with Gasteiger partial charge >= 0.3 is 5.97 Å². The average molecular weight is 252 g/mol. The predicted octanol–water partition coefficient (Wildman–Crippen LogP) is 3.15. The standard InChI is InChI=1S/C15H24O3/c1-10-4-6-13(12(3)9-16)8-14(10)11(2)5-7-15(17)18/h11,13,16H,3-9H2,1-2H3,(H,17,18)/t11-,13-/m1/s1. The molecular weight excluding hydrogens is 228 g/mol. The third kappa shape index (κ3) is 3.98. The number of rotatable bonds is 6. The van der Waals surface area contributed by atoms with Crippen molar-refractivity contribution in [2.24, 2.45) is 11.8 Å². The summed E-state index contributed by atoms with van der Waals surface area (Å²) in [6, 6.07) is 0. The molecule has 102 valence electrons. The first kappa shape index (κ1) is 15.0. The van der Waals surface area contributed by atoms with Crippen LogP contribution in [0.25, 0.3) is 0 Å². The Hall–Kier alpha value is -1.09. The van der Waals surface area contributed by atoms with Gasteiger partial charge in [-0.1, -0.05) is 24.6 Å². The highest BCUT2D eigenvalue weighted by molar-refractivity contribution is 5.66. The summed E-state index contributed by atoms with van der Waals surface area (Å²) in [6.07, 6.45) is 3.95. The lowest BCUT2D eigenvalue weighted by molar-refractivity contribution is -0.137. The van der Waals surface area contributed by atoms with Crippen LogP contribution in [0.2, 0.25) is 0 Å². The number of aliphatic carboxylic acids is 1. The van der Waals surface area contributed by atoms with Crippen molar-refractivity contribution in [3.05, 3.63) is 23.3 Å². The molecule has 18 heavy (non-hydrogen) atoms. The van der Waals surface area contributed by atoms with E-state index in [4.69, 9.17) is 10.2 Å². The first-order valence-corrected chi connectivity index (χ1v) is 6.64. The maximum atomic E-state index is 10.6. The van der Waals surface area contributed by atoms with E-state index in [0.29, 0.717) is 18.3 Å². The third-order valence-electron chi connectivity index (χ3n) is 4.05. The van der Waals surface area contributed by atoms with Crippen molar-refractivity contribution >= 4 is 5.97 Å². The second-order valence-electron chi connectivity index (χ2n) is 5.40. The van der Waals surface area contributed by atoms with Gasteiger partial charge < -0.3 is 10.2 Å². The number of aliphatic hydroxyl groups excluding tert-OH is 1. The Labute approximate surface area is 109 Å². The van der Waals surface area contributed by atoms with Crippen molar-refractivity contribution < 1.29 is 15.0 Å². The highest BCUT2D eigenvalue weighted by Crippen LogP contribution is 2.37. The van der Waals surface area contributed by atoms with Gasteiger partial charge in [0.15, 0.2) is 0 Å². The maximum Gasteiger partial charge on any atom is 0.303 e. The molecule has 0 unspecified atom stereocenters. The summed E-state index contributed by atoms with van der Waals surface area (Å²) < 4.78 is 0. The number of carboxylic acids is 1. The fraction of sp³-hybridized carbons (Fsp3) is 0.667. The fourth-order valence-corrected chi connectivity index (χ4v) is 2.71. The summed E-state index contributed by atoms with van der Waals surface area (Å²) in [4.78, 5) is 10.6. The first-order valence-electron chi connectivity index (χ1n) is 6.64. The van der Waals surface area contributed by atoms with Gasteiger partial charge in [0.25, 0.3) is 0 Å². The normalized spacial score (nSPS) is 21.8. The minimum Gasteiger partial charge on any atom is -0.481 e. The van der Waals surface area contributed by atoms with Gasteiger partial charge in [0, 0.05) is 6.42 Å². The Bertz CT molecular complexity index is 355. The van der Waals surface area contributed by atoms with Gasteiger partial charge in [-0.2, -0.15) is 0 Å². The molecule has 0 fully saturated rings. The summed E-state index contributed by atoms with van der Waals surface area (Å²) in [7, 11) is 0. The molecule has 0 aromatic heterocycles. The minimum atomic E-state index is -0.729. The van der Waals surface area contributed by atoms with Gasteiger partial charge in [-0.05, 0) is 50.0 Å². The van der Waals surface area contributed by atoms with E-state index in [1.54, 1.807) is 0 Å². The molecule has 0 radical (unpaired) electrons. The molecule has 3 heteroatoms. The summed E-state index contributed by atoms with van der Waals surface area (Å²) in [5.41, 5.74) is 3.68. The van der Waals surface area contributed by atoms with Crippen LogP contribution in [0.3, 0.4) is 0 Å². The number of hydrogen-bond donors (Lipinski definition) is 2. The quantitative estimate of drug-likeness (QED) is 0.714. The maximum absolute atomic E-state index is 10.6. The van der Waals surface area contributed by atoms with Crippen LogP contribution in [0.4, 0.5) is 0 Å². The van der Waals surface area contributed by atoms with Crippen molar-refractivity contribution in [2.45, 2.75) is 46.0 Å². The molecular formula is C15H24O3. The number of carboxylic acid groups (broad SMARTS) is 1. The van der Waals surface area contributed by atoms with Gasteiger partial charge in [0.2, 0.25) is 0 Å². The highest BCUT2D eigenvalue weighted by atomic mass is 16.4. The van der Waals surface area contributed by atoms with Crippen LogP contribution >= 0.6 is 0 Å². The summed E-state index contributed by atoms with van der Waals surface area (Å²) in [5, 5.41) is 17.9. The molecule has 0 aromatic carbocycles. The second kappa shape index (κ2) is 6.74. The molecule has 0 bridgehead atoms. The van der Waals surface area contributed by atoms with Crippen LogP contribution in [0.15, 0.2) is 23.3 Å². The lowest BCUT2D eigenvalue weighted by Crippen LogP contribution is -2.17. The van der Waals surface area contributed by atoms with Crippen LogP contribution < -0.4 is 0 Å². The Morgan fingerprint density at radius 1 is 1.56 bits per heavy atom. The van der Waals surface area contributed by atoms with E-state index < -0.39 is 5.97 Å². The zero-order valence-corrected chi connectivity index (χ0v) is 11.4. The summed E-state index contributed by atoms with van der Waals surface area (Å²) in [6.45, 7) is 8.23. The number of carbonyl (C=O) groups is 1. The van der Waals surface area contributed by atoms with E-state index in [2.05, 4.69) is 20.4 Å². The molecule has 1 aliphatic carbocycles. The molecule has 0 heterocycles. The molecule has 0 aliphatic heterocycles. The fourth-order valence-electron chi connectivity index (χ4n) is 2.71. The molecule has 1 rings (SSSR count). The molecule has 1 aliphatic rings. The van der Waals surface area contributed by atoms with E-state index in [1.165, 1.54) is 11.1 Å². The van der Waals surface area contributed by atoms with Crippen molar-refractivity contribution in [1.82, 2.24) is 0 Å². The molecule has 0 saturated heterocycles. The van der Waals surface area contributed by atoms with E-state index in [9.17, 15) is 4.79 Å². The van der Waals surface area contributed by atoms with E-state index in [0.717, 1.165) is 24.8 Å². The monoisotopic (exact) mass is 252 g/mol. The van der Waals surface area contributed by atoms with Crippen LogP contribution in [0.1, 0.15) is 46.0 Å². The molecule has 0 amide bonds. The van der Waals surface area contributed by atoms with Gasteiger partial charge in [0.05, 0.1) is 6.61 Å². The smallest absolute Gasteiger partial charge is 0.303 e. The molecule has 0 spiro atoms. The Balaban J connectivity index is 2.67. The van der Waals surface area contributed by atoms with Crippen LogP contribution in [0.5, 0.6) is 0 Å². The molecule has 2 N–H and O–H groups in total. The van der Waals surface area contributed by atoms with E-state index in [1.807, 2.05) is 0 Å². The van der Waals surface area contributed by atoms with Crippen molar-refractivity contribution in [3.8, 4) is 0 Å². The van der Waals surface area contributed by atoms with E-state index in [-0.39, 0.29) is 13.0 Å². The van der Waals surface area contributed by atoms with Crippen LogP contribution in [-0.2, 0) is 4.79 Å². The van der Waals surface area contributed by atoms with Gasteiger partial charge in [0.1, 0.15) is 0 Å². The SMILES string of the molecule is C=C(CO)[C@@H]1CCC(C)=C([C@H](C)CCC(=O)O)C1. The highest BCUT2D eigenvalue weighted by Gasteiger charge is 2.24. The largest absolute Gasteiger partial charge is 0.481 e. The minimum absolute atomic E-state index is 0.0561. The second-order valence-corrected chi connectivity index (χ2v) is 5.40. The number of allylic oxidation sites excluding steroid dienone is 2. The van der Waals surface area contributed by atoms with E-state index >= 15 is 0 Å². The molecule has 0 aromatic rings. The van der Waals surface area contributed by atoms with Crippen molar-refractivity contribution in [3.63, 3.8) is 0 Å². The van der Waals surface area contributed by atoms with Gasteiger partial charge in [-0.25, -0.2) is 0 Å². The lowest BCUT2D eigenvalue weighted by Gasteiger charge is -2.30. The van der Waals surface area contributed by atoms with Crippen molar-refractivity contribution in [2.75, 3.05) is 6.61 Å². The zero-order chi connectivity index (χ0) is 13.7. The molecule has 3 nitrogen and oxygen atoms in total. The predicted molar refractivity (Wildman–Crippen MR) is 72.3 cm³/mol. The first-order chi connectivity index (χ1) is 8.45. The molecule has 2 atom stereocenters. The van der Waals surface area contributed by atoms with Crippen LogP contribution in [-0.4, -0.2) is 22.8 Å². The van der Waals surface area contributed by atoms with Gasteiger partial charge in [-0.15, -0.1) is 0 Å². The molecule has 0 saturated carbocycles. The summed E-state index contributed by atoms with van der Waals surface area (Å²) in [5.74, 6) is -0.0522. The van der Waals surface area contributed by atoms with Crippen molar-refractivity contribution in [1.29, 1.82) is 0 Å². The number of hydrogen-bond acceptors (Lipinski definition) is 2. The average Bonchev–Trinajstić information content (AvgIpc) is 2.35.